The first kappa shape index (κ1) is 23.0. The van der Waals surface area contributed by atoms with Crippen LogP contribution in [0, 0.1) is 0 Å². The van der Waals surface area contributed by atoms with Gasteiger partial charge in [-0.05, 0) is 51.2 Å². The van der Waals surface area contributed by atoms with E-state index in [9.17, 15) is 4.79 Å². The minimum atomic E-state index is 0.135. The molecule has 0 radical (unpaired) electrons. The fourth-order valence-electron chi connectivity index (χ4n) is 3.78. The van der Waals surface area contributed by atoms with Gasteiger partial charge >= 0.3 is 5.95 Å². The summed E-state index contributed by atoms with van der Waals surface area (Å²) >= 11 is 0. The van der Waals surface area contributed by atoms with E-state index in [4.69, 9.17) is 13.8 Å². The Labute approximate surface area is 194 Å². The molecule has 33 heavy (non-hydrogen) atoms. The number of aromatic nitrogens is 3. The summed E-state index contributed by atoms with van der Waals surface area (Å²) in [7, 11) is 0. The summed E-state index contributed by atoms with van der Waals surface area (Å²) < 4.78 is 16.0. The van der Waals surface area contributed by atoms with Crippen LogP contribution < -0.4 is 9.64 Å². The van der Waals surface area contributed by atoms with Gasteiger partial charge in [0.1, 0.15) is 5.69 Å². The van der Waals surface area contributed by atoms with Crippen LogP contribution in [0.3, 0.4) is 0 Å². The fourth-order valence-corrected chi connectivity index (χ4v) is 3.78. The van der Waals surface area contributed by atoms with Crippen LogP contribution in [0.15, 0.2) is 39.4 Å². The molecule has 0 saturated heterocycles. The quantitative estimate of drug-likeness (QED) is 0.314. The van der Waals surface area contributed by atoms with Crippen LogP contribution in [0.4, 0.5) is 5.69 Å². The average molecular weight is 453 g/mol. The Hall–Kier alpha value is -3.16. The Balaban J connectivity index is 1.35. The molecule has 0 unspecified atom stereocenters. The van der Waals surface area contributed by atoms with Crippen LogP contribution in [-0.4, -0.2) is 34.4 Å². The maximum Gasteiger partial charge on any atom is 0.311 e. The molecule has 0 atom stereocenters. The Morgan fingerprint density at radius 3 is 2.79 bits per heavy atom. The molecular weight excluding hydrogens is 420 g/mol. The largest absolute Gasteiger partial charge is 0.464 e. The van der Waals surface area contributed by atoms with Crippen molar-refractivity contribution in [3.63, 3.8) is 0 Å². The summed E-state index contributed by atoms with van der Waals surface area (Å²) in [5, 5.41) is 8.17. The van der Waals surface area contributed by atoms with Crippen LogP contribution in [0.5, 0.6) is 5.95 Å². The SMILES string of the molecule is CCCC(=O)N(CCCCCc1nc(C2CC2)no1)c1cccc(-c2cc(OCC)on2)c1. The van der Waals surface area contributed by atoms with E-state index < -0.39 is 0 Å². The van der Waals surface area contributed by atoms with Crippen molar-refractivity contribution in [1.29, 1.82) is 0 Å². The highest BCUT2D eigenvalue weighted by atomic mass is 16.6. The van der Waals surface area contributed by atoms with E-state index in [1.54, 1.807) is 6.07 Å². The number of anilines is 1. The molecule has 1 aromatic carbocycles. The minimum absolute atomic E-state index is 0.135. The van der Waals surface area contributed by atoms with E-state index in [-0.39, 0.29) is 5.91 Å². The molecule has 1 aliphatic rings. The molecule has 3 aromatic rings. The highest BCUT2D eigenvalue weighted by Gasteiger charge is 2.28. The number of carbonyl (C=O) groups excluding carboxylic acids is 1. The molecule has 1 fully saturated rings. The van der Waals surface area contributed by atoms with Gasteiger partial charge in [0, 0.05) is 36.6 Å². The number of carbonyl (C=O) groups is 1. The van der Waals surface area contributed by atoms with Crippen molar-refractivity contribution in [3.8, 4) is 17.2 Å². The van der Waals surface area contributed by atoms with Gasteiger partial charge in [0.05, 0.1) is 12.7 Å². The van der Waals surface area contributed by atoms with E-state index in [0.29, 0.717) is 37.1 Å². The van der Waals surface area contributed by atoms with E-state index in [1.807, 2.05) is 43.0 Å². The first-order chi connectivity index (χ1) is 16.2. The number of hydrogen-bond acceptors (Lipinski definition) is 7. The standard InChI is InChI=1S/C25H32N4O4/c1-3-9-23(30)29(15-7-5-6-12-22-26-25(28-32-22)18-13-14-18)20-11-8-10-19(16-20)21-17-24(31-4-2)33-27-21/h8,10-11,16-18H,3-7,9,12-15H2,1-2H3. The lowest BCUT2D eigenvalue weighted by atomic mass is 10.1. The normalized spacial score (nSPS) is 13.3. The summed E-state index contributed by atoms with van der Waals surface area (Å²) in [6.07, 6.45) is 7.32. The van der Waals surface area contributed by atoms with Crippen LogP contribution >= 0.6 is 0 Å². The van der Waals surface area contributed by atoms with Gasteiger partial charge < -0.3 is 18.7 Å². The number of ether oxygens (including phenoxy) is 1. The van der Waals surface area contributed by atoms with E-state index in [2.05, 4.69) is 15.3 Å². The zero-order valence-electron chi connectivity index (χ0n) is 19.5. The van der Waals surface area contributed by atoms with Gasteiger partial charge in [0.25, 0.3) is 0 Å². The predicted molar refractivity (Wildman–Crippen MR) is 124 cm³/mol. The molecule has 0 bridgehead atoms. The van der Waals surface area contributed by atoms with Gasteiger partial charge in [-0.3, -0.25) is 4.79 Å². The van der Waals surface area contributed by atoms with Gasteiger partial charge in [0.15, 0.2) is 5.82 Å². The van der Waals surface area contributed by atoms with E-state index in [0.717, 1.165) is 55.1 Å². The Kier molecular flexibility index (Phi) is 7.75. The molecule has 8 nitrogen and oxygen atoms in total. The number of amides is 1. The lowest BCUT2D eigenvalue weighted by Gasteiger charge is -2.23. The molecule has 176 valence electrons. The molecule has 0 spiro atoms. The second-order valence-corrected chi connectivity index (χ2v) is 8.44. The lowest BCUT2D eigenvalue weighted by molar-refractivity contribution is -0.118. The Bertz CT molecular complexity index is 1040. The van der Waals surface area contributed by atoms with Crippen molar-refractivity contribution in [1.82, 2.24) is 15.3 Å². The second-order valence-electron chi connectivity index (χ2n) is 8.44. The smallest absolute Gasteiger partial charge is 0.311 e. The number of rotatable bonds is 13. The number of nitrogens with zero attached hydrogens (tertiary/aromatic N) is 4. The molecule has 8 heteroatoms. The molecule has 2 heterocycles. The van der Waals surface area contributed by atoms with Crippen molar-refractivity contribution in [2.24, 2.45) is 0 Å². The van der Waals surface area contributed by atoms with Crippen molar-refractivity contribution >= 4 is 11.6 Å². The van der Waals surface area contributed by atoms with E-state index >= 15 is 0 Å². The maximum absolute atomic E-state index is 12.9. The van der Waals surface area contributed by atoms with Crippen LogP contribution in [0.2, 0.25) is 0 Å². The maximum atomic E-state index is 12.9. The third-order valence-electron chi connectivity index (χ3n) is 5.69. The van der Waals surface area contributed by atoms with Gasteiger partial charge in [-0.15, -0.1) is 0 Å². The summed E-state index contributed by atoms with van der Waals surface area (Å²) in [6.45, 7) is 5.11. The van der Waals surface area contributed by atoms with E-state index in [1.165, 1.54) is 12.8 Å². The number of hydrogen-bond donors (Lipinski definition) is 0. The molecule has 1 amide bonds. The number of benzene rings is 1. The van der Waals surface area contributed by atoms with Crippen molar-refractivity contribution in [3.05, 3.63) is 42.0 Å². The lowest BCUT2D eigenvalue weighted by Crippen LogP contribution is -2.31. The summed E-state index contributed by atoms with van der Waals surface area (Å²) in [5.74, 6) is 2.63. The van der Waals surface area contributed by atoms with Crippen LogP contribution in [0.1, 0.15) is 76.4 Å². The molecule has 0 aliphatic heterocycles. The zero-order valence-corrected chi connectivity index (χ0v) is 19.5. The van der Waals surface area contributed by atoms with Gasteiger partial charge in [-0.2, -0.15) is 4.98 Å². The van der Waals surface area contributed by atoms with Gasteiger partial charge in [-0.25, -0.2) is 0 Å². The molecule has 1 aliphatic carbocycles. The highest BCUT2D eigenvalue weighted by molar-refractivity contribution is 5.93. The van der Waals surface area contributed by atoms with Crippen molar-refractivity contribution < 1.29 is 18.6 Å². The molecule has 1 saturated carbocycles. The first-order valence-corrected chi connectivity index (χ1v) is 12.0. The number of unbranched alkanes of at least 4 members (excludes halogenated alkanes) is 2. The Morgan fingerprint density at radius 1 is 1.12 bits per heavy atom. The zero-order chi connectivity index (χ0) is 23.0. The summed E-state index contributed by atoms with van der Waals surface area (Å²) in [5.41, 5.74) is 2.45. The molecule has 4 rings (SSSR count). The van der Waals surface area contributed by atoms with Crippen LogP contribution in [-0.2, 0) is 11.2 Å². The highest BCUT2D eigenvalue weighted by Crippen LogP contribution is 2.38. The summed E-state index contributed by atoms with van der Waals surface area (Å²) in [4.78, 5) is 19.3. The third kappa shape index (κ3) is 6.21. The second kappa shape index (κ2) is 11.1. The fraction of sp³-hybridized carbons (Fsp3) is 0.520. The molecule has 0 N–H and O–H groups in total. The van der Waals surface area contributed by atoms with Gasteiger partial charge in [-0.1, -0.05) is 35.8 Å². The Morgan fingerprint density at radius 2 is 2.00 bits per heavy atom. The summed E-state index contributed by atoms with van der Waals surface area (Å²) in [6, 6.07) is 9.63. The first-order valence-electron chi connectivity index (χ1n) is 12.0. The monoisotopic (exact) mass is 452 g/mol. The number of aryl methyl sites for hydroxylation is 1. The predicted octanol–water partition coefficient (Wildman–Crippen LogP) is 5.55. The van der Waals surface area contributed by atoms with Crippen molar-refractivity contribution in [2.75, 3.05) is 18.1 Å². The minimum Gasteiger partial charge on any atom is -0.464 e. The molecular formula is C25H32N4O4. The molecule has 2 aromatic heterocycles. The van der Waals surface area contributed by atoms with Crippen LogP contribution in [0.25, 0.3) is 11.3 Å². The van der Waals surface area contributed by atoms with Gasteiger partial charge in [0.2, 0.25) is 11.8 Å². The topological polar surface area (TPSA) is 94.5 Å². The van der Waals surface area contributed by atoms with Crippen molar-refractivity contribution in [2.45, 2.75) is 71.1 Å². The average Bonchev–Trinajstić information content (AvgIpc) is 3.37. The third-order valence-corrected chi connectivity index (χ3v) is 5.69.